The molecule has 6 heteroatoms. The van der Waals surface area contributed by atoms with Gasteiger partial charge in [-0.1, -0.05) is 0 Å². The largest absolute Gasteiger partial charge is 0.384 e. The monoisotopic (exact) mass is 311 g/mol. The van der Waals surface area contributed by atoms with Gasteiger partial charge in [0.05, 0.1) is 10.3 Å². The van der Waals surface area contributed by atoms with Crippen molar-refractivity contribution in [2.45, 2.75) is 6.54 Å². The van der Waals surface area contributed by atoms with Crippen LogP contribution in [0.3, 0.4) is 0 Å². The summed E-state index contributed by atoms with van der Waals surface area (Å²) in [6.07, 6.45) is 1.52. The number of nitrogens with two attached hydrogens (primary N) is 1. The topological polar surface area (TPSA) is 68.0 Å². The number of aromatic nitrogens is 1. The molecule has 88 valence electrons. The van der Waals surface area contributed by atoms with E-state index in [-0.39, 0.29) is 5.91 Å². The Balaban J connectivity index is 1.98. The van der Waals surface area contributed by atoms with E-state index in [1.54, 1.807) is 23.5 Å². The molecule has 0 radical (unpaired) electrons. The number of carbonyl (C=O) groups excluding carboxylic acids is 1. The summed E-state index contributed by atoms with van der Waals surface area (Å²) in [5.74, 6) is 0.195. The van der Waals surface area contributed by atoms with Crippen molar-refractivity contribution in [3.05, 3.63) is 44.7 Å². The average molecular weight is 312 g/mol. The molecule has 1 amide bonds. The first kappa shape index (κ1) is 12.1. The molecule has 0 aliphatic carbocycles. The highest BCUT2D eigenvalue weighted by Gasteiger charge is 2.06. The molecule has 0 saturated carbocycles. The lowest BCUT2D eigenvalue weighted by molar-refractivity contribution is 0.0951. The lowest BCUT2D eigenvalue weighted by Gasteiger charge is -2.03. The number of thiophene rings is 1. The minimum Gasteiger partial charge on any atom is -0.384 e. The van der Waals surface area contributed by atoms with Crippen molar-refractivity contribution < 1.29 is 4.79 Å². The Morgan fingerprint density at radius 2 is 2.29 bits per heavy atom. The van der Waals surface area contributed by atoms with Gasteiger partial charge in [-0.2, -0.15) is 0 Å². The second-order valence-corrected chi connectivity index (χ2v) is 5.91. The summed E-state index contributed by atoms with van der Waals surface area (Å²) in [5, 5.41) is 2.82. The van der Waals surface area contributed by atoms with Crippen molar-refractivity contribution in [3.8, 4) is 0 Å². The molecule has 0 saturated heterocycles. The maximum absolute atomic E-state index is 11.8. The zero-order chi connectivity index (χ0) is 12.3. The van der Waals surface area contributed by atoms with Gasteiger partial charge in [-0.25, -0.2) is 4.98 Å². The summed E-state index contributed by atoms with van der Waals surface area (Å²) in [4.78, 5) is 16.7. The number of nitrogens with one attached hydrogen (secondary N) is 1. The van der Waals surface area contributed by atoms with Crippen LogP contribution < -0.4 is 11.1 Å². The van der Waals surface area contributed by atoms with Crippen molar-refractivity contribution in [2.24, 2.45) is 0 Å². The second kappa shape index (κ2) is 5.29. The molecule has 0 spiro atoms. The fourth-order valence-electron chi connectivity index (χ4n) is 1.31. The van der Waals surface area contributed by atoms with Crippen LogP contribution in [0.4, 0.5) is 5.82 Å². The molecular formula is C11H10BrN3OS. The molecule has 0 unspecified atom stereocenters. The van der Waals surface area contributed by atoms with Gasteiger partial charge in [0.15, 0.2) is 0 Å². The Hall–Kier alpha value is -1.40. The molecule has 0 fully saturated rings. The zero-order valence-corrected chi connectivity index (χ0v) is 11.2. The summed E-state index contributed by atoms with van der Waals surface area (Å²) >= 11 is 4.97. The van der Waals surface area contributed by atoms with E-state index < -0.39 is 0 Å². The molecule has 2 aromatic rings. The van der Waals surface area contributed by atoms with Crippen LogP contribution >= 0.6 is 27.3 Å². The molecule has 2 rings (SSSR count). The molecule has 3 N–H and O–H groups in total. The predicted molar refractivity (Wildman–Crippen MR) is 71.8 cm³/mol. The van der Waals surface area contributed by atoms with Gasteiger partial charge in [-0.15, -0.1) is 11.3 Å². The predicted octanol–water partition coefficient (Wildman–Crippen LogP) is 2.42. The number of rotatable bonds is 3. The van der Waals surface area contributed by atoms with Gasteiger partial charge in [-0.3, -0.25) is 4.79 Å². The van der Waals surface area contributed by atoms with Crippen LogP contribution in [0.25, 0.3) is 0 Å². The Labute approximate surface area is 111 Å². The van der Waals surface area contributed by atoms with E-state index in [9.17, 15) is 4.79 Å². The molecular weight excluding hydrogens is 302 g/mol. The Morgan fingerprint density at radius 1 is 1.47 bits per heavy atom. The molecule has 17 heavy (non-hydrogen) atoms. The molecule has 0 atom stereocenters. The highest BCUT2D eigenvalue weighted by Crippen LogP contribution is 2.21. The van der Waals surface area contributed by atoms with Crippen LogP contribution in [0.5, 0.6) is 0 Å². The molecule has 0 aliphatic rings. The summed E-state index contributed by atoms with van der Waals surface area (Å²) in [6.45, 7) is 0.511. The van der Waals surface area contributed by atoms with Crippen LogP contribution in [0.2, 0.25) is 0 Å². The third-order valence-electron chi connectivity index (χ3n) is 2.10. The molecule has 2 aromatic heterocycles. The number of halogens is 1. The first-order chi connectivity index (χ1) is 8.15. The third kappa shape index (κ3) is 3.28. The SMILES string of the molecule is Nc1cc(C(=O)NCc2ccc(Br)s2)ccn1. The van der Waals surface area contributed by atoms with Crippen LogP contribution in [-0.2, 0) is 6.54 Å². The summed E-state index contributed by atoms with van der Waals surface area (Å²) < 4.78 is 1.05. The molecule has 0 aromatic carbocycles. The molecule has 2 heterocycles. The van der Waals surface area contributed by atoms with Crippen LogP contribution in [0.1, 0.15) is 15.2 Å². The minimum absolute atomic E-state index is 0.149. The standard InChI is InChI=1S/C11H10BrN3OS/c12-9-2-1-8(17-9)6-15-11(16)7-3-4-14-10(13)5-7/h1-5H,6H2,(H2,13,14)(H,15,16). The number of hydrogen-bond acceptors (Lipinski definition) is 4. The van der Waals surface area contributed by atoms with E-state index >= 15 is 0 Å². The highest BCUT2D eigenvalue weighted by molar-refractivity contribution is 9.11. The van der Waals surface area contributed by atoms with E-state index in [1.165, 1.54) is 6.20 Å². The van der Waals surface area contributed by atoms with Gasteiger partial charge in [0, 0.05) is 16.6 Å². The van der Waals surface area contributed by atoms with Crippen LogP contribution in [0.15, 0.2) is 34.2 Å². The van der Waals surface area contributed by atoms with Crippen molar-refractivity contribution >= 4 is 39.0 Å². The van der Waals surface area contributed by atoms with E-state index in [4.69, 9.17) is 5.73 Å². The molecule has 4 nitrogen and oxygen atoms in total. The van der Waals surface area contributed by atoms with E-state index in [2.05, 4.69) is 26.2 Å². The minimum atomic E-state index is -0.149. The van der Waals surface area contributed by atoms with E-state index in [1.807, 2.05) is 12.1 Å². The number of carbonyl (C=O) groups is 1. The number of amides is 1. The van der Waals surface area contributed by atoms with Crippen LogP contribution in [0, 0.1) is 0 Å². The fraction of sp³-hybridized carbons (Fsp3) is 0.0909. The maximum Gasteiger partial charge on any atom is 0.251 e. The molecule has 0 aliphatic heterocycles. The quantitative estimate of drug-likeness (QED) is 0.914. The fourth-order valence-corrected chi connectivity index (χ4v) is 2.73. The first-order valence-corrected chi connectivity index (χ1v) is 6.50. The van der Waals surface area contributed by atoms with Gasteiger partial charge in [-0.05, 0) is 40.2 Å². The van der Waals surface area contributed by atoms with Gasteiger partial charge in [0.2, 0.25) is 0 Å². The van der Waals surface area contributed by atoms with Gasteiger partial charge in [0.25, 0.3) is 5.91 Å². The number of nitrogen functional groups attached to an aromatic ring is 1. The van der Waals surface area contributed by atoms with Crippen molar-refractivity contribution in [1.82, 2.24) is 10.3 Å². The number of hydrogen-bond donors (Lipinski definition) is 2. The highest BCUT2D eigenvalue weighted by atomic mass is 79.9. The Morgan fingerprint density at radius 3 is 2.94 bits per heavy atom. The smallest absolute Gasteiger partial charge is 0.251 e. The van der Waals surface area contributed by atoms with Crippen molar-refractivity contribution in [1.29, 1.82) is 0 Å². The summed E-state index contributed by atoms with van der Waals surface area (Å²) in [5.41, 5.74) is 6.03. The Kier molecular flexibility index (Phi) is 3.75. The first-order valence-electron chi connectivity index (χ1n) is 4.89. The average Bonchev–Trinajstić information content (AvgIpc) is 2.72. The zero-order valence-electron chi connectivity index (χ0n) is 8.81. The second-order valence-electron chi connectivity index (χ2n) is 3.36. The lowest BCUT2D eigenvalue weighted by atomic mass is 10.2. The van der Waals surface area contributed by atoms with Gasteiger partial charge < -0.3 is 11.1 Å². The molecule has 0 bridgehead atoms. The number of pyridine rings is 1. The van der Waals surface area contributed by atoms with E-state index in [0.717, 1.165) is 8.66 Å². The number of nitrogens with zero attached hydrogens (tertiary/aromatic N) is 1. The van der Waals surface area contributed by atoms with Gasteiger partial charge in [0.1, 0.15) is 5.82 Å². The lowest BCUT2D eigenvalue weighted by Crippen LogP contribution is -2.22. The van der Waals surface area contributed by atoms with E-state index in [0.29, 0.717) is 17.9 Å². The third-order valence-corrected chi connectivity index (χ3v) is 3.72. The maximum atomic E-state index is 11.8. The number of anilines is 1. The summed E-state index contributed by atoms with van der Waals surface area (Å²) in [6, 6.07) is 7.11. The van der Waals surface area contributed by atoms with Gasteiger partial charge >= 0.3 is 0 Å². The summed E-state index contributed by atoms with van der Waals surface area (Å²) in [7, 11) is 0. The Bertz CT molecular complexity index is 541. The van der Waals surface area contributed by atoms with Crippen molar-refractivity contribution in [2.75, 3.05) is 5.73 Å². The van der Waals surface area contributed by atoms with Crippen LogP contribution in [-0.4, -0.2) is 10.9 Å². The normalized spacial score (nSPS) is 10.2. The van der Waals surface area contributed by atoms with Crippen molar-refractivity contribution in [3.63, 3.8) is 0 Å².